The number of amides is 1. The number of alkyl halides is 3. The van der Waals surface area contributed by atoms with Crippen molar-refractivity contribution >= 4 is 28.3 Å². The first-order valence-electron chi connectivity index (χ1n) is 9.70. The number of imidazole rings is 1. The lowest BCUT2D eigenvalue weighted by atomic mass is 9.94. The van der Waals surface area contributed by atoms with Crippen LogP contribution in [0.1, 0.15) is 37.0 Å². The molecule has 1 fully saturated rings. The van der Waals surface area contributed by atoms with Crippen LogP contribution in [0.4, 0.5) is 23.4 Å². The summed E-state index contributed by atoms with van der Waals surface area (Å²) in [5, 5.41) is 19.0. The Morgan fingerprint density at radius 2 is 2.06 bits per heavy atom. The second-order valence-corrected chi connectivity index (χ2v) is 7.66. The molecule has 0 aliphatic heterocycles. The van der Waals surface area contributed by atoms with Gasteiger partial charge in [-0.2, -0.15) is 5.10 Å². The molecule has 3 atom stereocenters. The second kappa shape index (κ2) is 7.26. The van der Waals surface area contributed by atoms with E-state index in [1.807, 2.05) is 0 Å². The number of fused-ring (bicyclic) bond motifs is 2. The highest BCUT2D eigenvalue weighted by Gasteiger charge is 2.43. The van der Waals surface area contributed by atoms with Crippen molar-refractivity contribution in [1.29, 1.82) is 0 Å². The maximum absolute atomic E-state index is 15.1. The number of nitrogens with zero attached hydrogens (tertiary/aromatic N) is 4. The quantitative estimate of drug-likeness (QED) is 0.404. The molecule has 3 aromatic heterocycles. The largest absolute Gasteiger partial charge is 0.389 e. The zero-order valence-electron chi connectivity index (χ0n) is 16.5. The number of aromatic amines is 1. The van der Waals surface area contributed by atoms with Crippen LogP contribution in [0.5, 0.6) is 0 Å². The number of rotatable bonds is 5. The van der Waals surface area contributed by atoms with Crippen LogP contribution in [0.25, 0.3) is 27.8 Å². The number of benzene rings is 1. The molecular formula is C20H16F4N6O2. The maximum atomic E-state index is 15.1. The van der Waals surface area contributed by atoms with Crippen molar-refractivity contribution in [2.75, 3.05) is 5.32 Å². The minimum absolute atomic E-state index is 0.0107. The van der Waals surface area contributed by atoms with Crippen molar-refractivity contribution in [2.45, 2.75) is 32.0 Å². The molecule has 3 N–H and O–H groups in total. The van der Waals surface area contributed by atoms with E-state index in [4.69, 9.17) is 0 Å². The molecule has 4 aromatic rings. The number of aromatic nitrogens is 5. The average Bonchev–Trinajstić information content (AvgIpc) is 3.10. The van der Waals surface area contributed by atoms with Gasteiger partial charge in [0.05, 0.1) is 47.4 Å². The fraction of sp³-hybridized carbons (Fsp3) is 0.300. The normalized spacial score (nSPS) is 19.1. The summed E-state index contributed by atoms with van der Waals surface area (Å²) in [5.74, 6) is -2.30. The maximum Gasteiger partial charge on any atom is 0.267 e. The van der Waals surface area contributed by atoms with Gasteiger partial charge >= 0.3 is 0 Å². The van der Waals surface area contributed by atoms with E-state index in [9.17, 15) is 23.1 Å². The van der Waals surface area contributed by atoms with Crippen LogP contribution in [0, 0.1) is 11.7 Å². The Labute approximate surface area is 177 Å². The zero-order chi connectivity index (χ0) is 22.7. The number of aliphatic hydroxyl groups excluding tert-OH is 1. The van der Waals surface area contributed by atoms with E-state index in [1.165, 1.54) is 36.1 Å². The number of hydrogen-bond acceptors (Lipinski definition) is 5. The van der Waals surface area contributed by atoms with E-state index in [0.29, 0.717) is 5.65 Å². The average molecular weight is 448 g/mol. The molecule has 12 heteroatoms. The lowest BCUT2D eigenvalue weighted by Crippen LogP contribution is -2.15. The van der Waals surface area contributed by atoms with Crippen LogP contribution >= 0.6 is 0 Å². The Kier molecular flexibility index (Phi) is 4.62. The van der Waals surface area contributed by atoms with Gasteiger partial charge in [0.2, 0.25) is 5.91 Å². The van der Waals surface area contributed by atoms with Crippen LogP contribution in [-0.4, -0.2) is 41.8 Å². The van der Waals surface area contributed by atoms with Gasteiger partial charge in [-0.25, -0.2) is 22.5 Å². The predicted molar refractivity (Wildman–Crippen MR) is 105 cm³/mol. The van der Waals surface area contributed by atoms with Crippen LogP contribution in [0.3, 0.4) is 0 Å². The molecule has 0 spiro atoms. The number of aliphatic hydroxyl groups is 1. The highest BCUT2D eigenvalue weighted by atomic mass is 19.3. The third-order valence-corrected chi connectivity index (χ3v) is 5.45. The van der Waals surface area contributed by atoms with E-state index >= 15 is 4.39 Å². The van der Waals surface area contributed by atoms with Crippen LogP contribution in [0.2, 0.25) is 0 Å². The molecule has 1 amide bonds. The van der Waals surface area contributed by atoms with Gasteiger partial charge < -0.3 is 14.8 Å². The lowest BCUT2D eigenvalue weighted by molar-refractivity contribution is -0.117. The van der Waals surface area contributed by atoms with Gasteiger partial charge in [0.15, 0.2) is 11.5 Å². The molecule has 32 heavy (non-hydrogen) atoms. The molecule has 0 radical (unpaired) electrons. The summed E-state index contributed by atoms with van der Waals surface area (Å²) in [6, 6.07) is 0. The van der Waals surface area contributed by atoms with Gasteiger partial charge in [0, 0.05) is 22.7 Å². The standard InChI is InChI=1S/C20H16F4N6O2/c1-7(31)14-17(22)16(19(23)24)15(9-3-26-29-18(9)14)11-5-30-6-12(27-13(30)4-25-11)28-20(32)8-2-10(8)21/h3-8,10,19,31H,2H2,1H3,(H,26,29)(H,28,32). The summed E-state index contributed by atoms with van der Waals surface area (Å²) in [5.41, 5.74) is -1.00. The Hall–Kier alpha value is -3.54. The van der Waals surface area contributed by atoms with Gasteiger partial charge in [-0.05, 0) is 13.3 Å². The Morgan fingerprint density at radius 1 is 1.31 bits per heavy atom. The Bertz CT molecular complexity index is 1370. The monoisotopic (exact) mass is 448 g/mol. The molecule has 1 aliphatic rings. The first-order valence-corrected chi connectivity index (χ1v) is 9.70. The van der Waals surface area contributed by atoms with Crippen molar-refractivity contribution in [1.82, 2.24) is 24.6 Å². The van der Waals surface area contributed by atoms with Gasteiger partial charge in [-0.15, -0.1) is 0 Å². The first kappa shape index (κ1) is 20.4. The van der Waals surface area contributed by atoms with E-state index in [2.05, 4.69) is 25.5 Å². The summed E-state index contributed by atoms with van der Waals surface area (Å²) in [6.07, 6.45) is -0.219. The van der Waals surface area contributed by atoms with Crippen LogP contribution in [-0.2, 0) is 4.79 Å². The molecule has 3 heterocycles. The predicted octanol–water partition coefficient (Wildman–Crippen LogP) is 3.70. The number of carbonyl (C=O) groups excluding carboxylic acids is 1. The number of carbonyl (C=O) groups is 1. The molecule has 5 rings (SSSR count). The van der Waals surface area contributed by atoms with Crippen molar-refractivity contribution in [3.8, 4) is 11.3 Å². The molecule has 3 unspecified atom stereocenters. The second-order valence-electron chi connectivity index (χ2n) is 7.66. The highest BCUT2D eigenvalue weighted by Crippen LogP contribution is 2.41. The third-order valence-electron chi connectivity index (χ3n) is 5.45. The summed E-state index contributed by atoms with van der Waals surface area (Å²) in [6.45, 7) is 1.27. The van der Waals surface area contributed by atoms with Crippen LogP contribution in [0.15, 0.2) is 24.8 Å². The van der Waals surface area contributed by atoms with Crippen molar-refractivity contribution in [3.63, 3.8) is 0 Å². The van der Waals surface area contributed by atoms with Crippen LogP contribution < -0.4 is 5.32 Å². The zero-order valence-corrected chi connectivity index (χ0v) is 16.5. The minimum atomic E-state index is -3.19. The van der Waals surface area contributed by atoms with Crippen molar-refractivity contribution < 1.29 is 27.5 Å². The molecule has 166 valence electrons. The smallest absolute Gasteiger partial charge is 0.267 e. The fourth-order valence-corrected chi connectivity index (χ4v) is 3.81. The number of hydrogen-bond donors (Lipinski definition) is 3. The Balaban J connectivity index is 1.64. The number of nitrogens with one attached hydrogen (secondary N) is 2. The van der Waals surface area contributed by atoms with Gasteiger partial charge in [0.1, 0.15) is 12.0 Å². The first-order chi connectivity index (χ1) is 15.3. The van der Waals surface area contributed by atoms with Crippen molar-refractivity contribution in [2.24, 2.45) is 5.92 Å². The Morgan fingerprint density at radius 3 is 2.72 bits per heavy atom. The summed E-state index contributed by atoms with van der Waals surface area (Å²) in [4.78, 5) is 20.3. The molecule has 1 aromatic carbocycles. The molecule has 0 bridgehead atoms. The van der Waals surface area contributed by atoms with E-state index < -0.39 is 41.9 Å². The molecule has 1 aliphatic carbocycles. The lowest BCUT2D eigenvalue weighted by Gasteiger charge is -2.16. The fourth-order valence-electron chi connectivity index (χ4n) is 3.81. The summed E-state index contributed by atoms with van der Waals surface area (Å²) >= 11 is 0. The summed E-state index contributed by atoms with van der Waals surface area (Å²) in [7, 11) is 0. The topological polar surface area (TPSA) is 108 Å². The number of H-pyrrole nitrogens is 1. The molecule has 8 nitrogen and oxygen atoms in total. The third kappa shape index (κ3) is 3.18. The highest BCUT2D eigenvalue weighted by molar-refractivity contribution is 5.98. The molecule has 0 saturated heterocycles. The van der Waals surface area contributed by atoms with E-state index in [1.54, 1.807) is 0 Å². The van der Waals surface area contributed by atoms with Gasteiger partial charge in [0.25, 0.3) is 6.43 Å². The minimum Gasteiger partial charge on any atom is -0.389 e. The van der Waals surface area contributed by atoms with E-state index in [0.717, 1.165) is 0 Å². The molecule has 1 saturated carbocycles. The number of anilines is 1. The summed E-state index contributed by atoms with van der Waals surface area (Å²) < 4.78 is 57.5. The SMILES string of the molecule is CC(O)c1c(F)c(C(F)F)c(-c2cn3cc(NC(=O)C4CC4F)nc3cn2)c2cn[nH]c12. The van der Waals surface area contributed by atoms with E-state index in [-0.39, 0.29) is 40.0 Å². The van der Waals surface area contributed by atoms with Gasteiger partial charge in [-0.3, -0.25) is 14.9 Å². The number of halogens is 4. The van der Waals surface area contributed by atoms with Crippen molar-refractivity contribution in [3.05, 3.63) is 41.7 Å². The van der Waals surface area contributed by atoms with Gasteiger partial charge in [-0.1, -0.05) is 0 Å². The molecular weight excluding hydrogens is 432 g/mol.